The van der Waals surface area contributed by atoms with Crippen molar-refractivity contribution in [3.63, 3.8) is 0 Å². The molecule has 1 aromatic heterocycles. The second-order valence-electron chi connectivity index (χ2n) is 9.01. The maximum atomic E-state index is 13.4. The summed E-state index contributed by atoms with van der Waals surface area (Å²) >= 11 is 0. The Morgan fingerprint density at radius 2 is 1.72 bits per heavy atom. The van der Waals surface area contributed by atoms with Gasteiger partial charge in [0.2, 0.25) is 0 Å². The van der Waals surface area contributed by atoms with Crippen LogP contribution in [0.5, 0.6) is 5.75 Å². The molecule has 0 aliphatic rings. The fourth-order valence-electron chi connectivity index (χ4n) is 4.24. The molecule has 0 aliphatic carbocycles. The smallest absolute Gasteiger partial charge is 0.255 e. The lowest BCUT2D eigenvalue weighted by molar-refractivity contribution is 0.0910. The number of rotatable bonds is 8. The number of nitrogens with zero attached hydrogens (tertiary/aromatic N) is 1. The minimum absolute atomic E-state index is 0.0911. The van der Waals surface area contributed by atoms with Crippen LogP contribution in [0.4, 0.5) is 0 Å². The third-order valence-corrected chi connectivity index (χ3v) is 5.95. The van der Waals surface area contributed by atoms with E-state index in [9.17, 15) is 9.90 Å². The van der Waals surface area contributed by atoms with Crippen LogP contribution in [-0.4, -0.2) is 34.3 Å². The third-order valence-electron chi connectivity index (χ3n) is 5.95. The summed E-state index contributed by atoms with van der Waals surface area (Å²) in [7, 11) is 0. The Labute approximate surface area is 212 Å². The standard InChI is InChI=1S/C31H32N2O3/c1-4-33-20-25(27-12-8-9-13-29(27)33)19-26(21-34)32-31(35)28-18-24(16-17-30(28)36-22(2)3)15-14-23-10-6-5-7-11-23/h5-13,16-18,20,22,26,34H,4,19,21H2,1-3H3,(H,32,35)/t26-/m1/s1. The molecule has 184 valence electrons. The number of benzene rings is 3. The highest BCUT2D eigenvalue weighted by Gasteiger charge is 2.20. The number of carbonyl (C=O) groups is 1. The normalized spacial score (nSPS) is 11.7. The van der Waals surface area contributed by atoms with Gasteiger partial charge in [-0.05, 0) is 69.2 Å². The number of aryl methyl sites for hydroxylation is 1. The van der Waals surface area contributed by atoms with Crippen molar-refractivity contribution >= 4 is 16.8 Å². The largest absolute Gasteiger partial charge is 0.490 e. The monoisotopic (exact) mass is 480 g/mol. The lowest BCUT2D eigenvalue weighted by atomic mass is 10.0. The van der Waals surface area contributed by atoms with E-state index in [0.29, 0.717) is 23.3 Å². The van der Waals surface area contributed by atoms with Crippen molar-refractivity contribution in [1.82, 2.24) is 9.88 Å². The van der Waals surface area contributed by atoms with Crippen molar-refractivity contribution < 1.29 is 14.6 Å². The van der Waals surface area contributed by atoms with Gasteiger partial charge >= 0.3 is 0 Å². The molecule has 3 aromatic carbocycles. The van der Waals surface area contributed by atoms with Crippen LogP contribution in [0.2, 0.25) is 0 Å². The minimum Gasteiger partial charge on any atom is -0.490 e. The zero-order chi connectivity index (χ0) is 25.5. The van der Waals surface area contributed by atoms with E-state index in [1.807, 2.05) is 62.4 Å². The van der Waals surface area contributed by atoms with Crippen LogP contribution in [0.15, 0.2) is 79.0 Å². The first-order valence-electron chi connectivity index (χ1n) is 12.3. The van der Waals surface area contributed by atoms with Crippen molar-refractivity contribution in [3.05, 3.63) is 101 Å². The van der Waals surface area contributed by atoms with Crippen molar-refractivity contribution in [3.8, 4) is 17.6 Å². The SMILES string of the molecule is CCn1cc(C[C@H](CO)NC(=O)c2cc(C#Cc3ccccc3)ccc2OC(C)C)c2ccccc21. The van der Waals surface area contributed by atoms with Gasteiger partial charge in [0.05, 0.1) is 24.3 Å². The maximum absolute atomic E-state index is 13.4. The third kappa shape index (κ3) is 5.97. The lowest BCUT2D eigenvalue weighted by Gasteiger charge is -2.19. The molecule has 0 saturated heterocycles. The molecule has 0 aliphatic heterocycles. The van der Waals surface area contributed by atoms with Gasteiger partial charge in [-0.2, -0.15) is 0 Å². The molecule has 36 heavy (non-hydrogen) atoms. The van der Waals surface area contributed by atoms with Gasteiger partial charge in [-0.25, -0.2) is 0 Å². The first-order valence-corrected chi connectivity index (χ1v) is 12.3. The van der Waals surface area contributed by atoms with Gasteiger partial charge in [0, 0.05) is 34.8 Å². The molecule has 0 unspecified atom stereocenters. The van der Waals surface area contributed by atoms with Crippen molar-refractivity contribution in [2.24, 2.45) is 0 Å². The van der Waals surface area contributed by atoms with E-state index in [0.717, 1.165) is 28.6 Å². The summed E-state index contributed by atoms with van der Waals surface area (Å²) in [5.74, 6) is 6.46. The molecular formula is C31H32N2O3. The zero-order valence-electron chi connectivity index (χ0n) is 21.0. The summed E-state index contributed by atoms with van der Waals surface area (Å²) in [6, 6.07) is 22.9. The number of amides is 1. The summed E-state index contributed by atoms with van der Waals surface area (Å²) in [4.78, 5) is 13.4. The number of aliphatic hydroxyl groups is 1. The fourth-order valence-corrected chi connectivity index (χ4v) is 4.24. The zero-order valence-corrected chi connectivity index (χ0v) is 21.0. The van der Waals surface area contributed by atoms with E-state index in [2.05, 4.69) is 47.0 Å². The van der Waals surface area contributed by atoms with Crippen LogP contribution in [0.25, 0.3) is 10.9 Å². The van der Waals surface area contributed by atoms with Crippen molar-refractivity contribution in [1.29, 1.82) is 0 Å². The number of nitrogens with one attached hydrogen (secondary N) is 1. The maximum Gasteiger partial charge on any atom is 0.255 e. The Morgan fingerprint density at radius 3 is 2.44 bits per heavy atom. The number of hydrogen-bond donors (Lipinski definition) is 2. The molecular weight excluding hydrogens is 448 g/mol. The van der Waals surface area contributed by atoms with Crippen molar-refractivity contribution in [2.75, 3.05) is 6.61 Å². The predicted octanol–water partition coefficient (Wildman–Crippen LogP) is 5.18. The minimum atomic E-state index is -0.445. The molecule has 5 nitrogen and oxygen atoms in total. The summed E-state index contributed by atoms with van der Waals surface area (Å²) in [5.41, 5.74) is 4.26. The van der Waals surface area contributed by atoms with Crippen LogP contribution >= 0.6 is 0 Å². The molecule has 2 N–H and O–H groups in total. The Bertz CT molecular complexity index is 1390. The first-order chi connectivity index (χ1) is 17.5. The first kappa shape index (κ1) is 25.1. The number of ether oxygens (including phenoxy) is 1. The second-order valence-corrected chi connectivity index (χ2v) is 9.01. The van der Waals surface area contributed by atoms with E-state index in [-0.39, 0.29) is 18.6 Å². The van der Waals surface area contributed by atoms with Crippen LogP contribution in [0.1, 0.15) is 47.8 Å². The molecule has 4 aromatic rings. The van der Waals surface area contributed by atoms with Crippen LogP contribution in [0.3, 0.4) is 0 Å². The van der Waals surface area contributed by atoms with Gasteiger partial charge in [0.1, 0.15) is 5.75 Å². The molecule has 1 amide bonds. The van der Waals surface area contributed by atoms with Gasteiger partial charge in [0.15, 0.2) is 0 Å². The highest BCUT2D eigenvalue weighted by atomic mass is 16.5. The molecule has 4 rings (SSSR count). The fraction of sp³-hybridized carbons (Fsp3) is 0.258. The van der Waals surface area contributed by atoms with Crippen LogP contribution < -0.4 is 10.1 Å². The van der Waals surface area contributed by atoms with E-state index in [1.54, 1.807) is 12.1 Å². The Hall–Kier alpha value is -4.01. The molecule has 0 spiro atoms. The average molecular weight is 481 g/mol. The number of carbonyl (C=O) groups excluding carboxylic acids is 1. The second kappa shape index (κ2) is 11.6. The highest BCUT2D eigenvalue weighted by molar-refractivity contribution is 5.97. The molecule has 0 saturated carbocycles. The molecule has 0 fully saturated rings. The van der Waals surface area contributed by atoms with Gasteiger partial charge in [-0.15, -0.1) is 0 Å². The van der Waals surface area contributed by atoms with E-state index >= 15 is 0 Å². The molecule has 0 radical (unpaired) electrons. The van der Waals surface area contributed by atoms with E-state index < -0.39 is 6.04 Å². The summed E-state index contributed by atoms with van der Waals surface area (Å²) < 4.78 is 8.10. The van der Waals surface area contributed by atoms with Gasteiger partial charge in [0.25, 0.3) is 5.91 Å². The molecule has 0 bridgehead atoms. The number of aliphatic hydroxyl groups excluding tert-OH is 1. The Morgan fingerprint density at radius 1 is 1.00 bits per heavy atom. The number of aromatic nitrogens is 1. The summed E-state index contributed by atoms with van der Waals surface area (Å²) in [5, 5.41) is 14.3. The highest BCUT2D eigenvalue weighted by Crippen LogP contribution is 2.24. The van der Waals surface area contributed by atoms with Gasteiger partial charge < -0.3 is 19.7 Å². The number of hydrogen-bond acceptors (Lipinski definition) is 3. The Balaban J connectivity index is 1.59. The summed E-state index contributed by atoms with van der Waals surface area (Å²) in [6.07, 6.45) is 2.53. The van der Waals surface area contributed by atoms with Gasteiger partial charge in [-0.1, -0.05) is 48.2 Å². The number of fused-ring (bicyclic) bond motifs is 1. The number of para-hydroxylation sites is 1. The van der Waals surface area contributed by atoms with Crippen molar-refractivity contribution in [2.45, 2.75) is 45.9 Å². The van der Waals surface area contributed by atoms with Gasteiger partial charge in [-0.3, -0.25) is 4.79 Å². The summed E-state index contributed by atoms with van der Waals surface area (Å²) in [6.45, 7) is 6.62. The van der Waals surface area contributed by atoms with Crippen LogP contribution in [-0.2, 0) is 13.0 Å². The van der Waals surface area contributed by atoms with E-state index in [4.69, 9.17) is 4.74 Å². The van der Waals surface area contributed by atoms with E-state index in [1.165, 1.54) is 0 Å². The molecule has 5 heteroatoms. The lowest BCUT2D eigenvalue weighted by Crippen LogP contribution is -2.39. The molecule has 1 heterocycles. The Kier molecular flexibility index (Phi) is 8.10. The molecule has 1 atom stereocenters. The predicted molar refractivity (Wildman–Crippen MR) is 144 cm³/mol. The topological polar surface area (TPSA) is 63.5 Å². The quantitative estimate of drug-likeness (QED) is 0.342. The van der Waals surface area contributed by atoms with Crippen LogP contribution in [0, 0.1) is 11.8 Å². The average Bonchev–Trinajstić information content (AvgIpc) is 3.25.